The fourth-order valence-corrected chi connectivity index (χ4v) is 8.17. The van der Waals surface area contributed by atoms with Crippen molar-refractivity contribution in [2.24, 2.45) is 18.9 Å². The van der Waals surface area contributed by atoms with Crippen LogP contribution in [0.5, 0.6) is 0 Å². The lowest BCUT2D eigenvalue weighted by atomic mass is 9.80. The number of aromatic nitrogens is 4. The van der Waals surface area contributed by atoms with Crippen LogP contribution in [0.4, 0.5) is 17.2 Å². The Labute approximate surface area is 326 Å². The number of carboxylic acids is 1. The number of nitrogens with one attached hydrogen (secondary N) is 3. The average molecular weight is 765 g/mol. The van der Waals surface area contributed by atoms with Crippen LogP contribution in [-0.4, -0.2) is 72.2 Å². The van der Waals surface area contributed by atoms with Crippen molar-refractivity contribution in [1.29, 1.82) is 0 Å². The van der Waals surface area contributed by atoms with Gasteiger partial charge in [0.2, 0.25) is 0 Å². The fraction of sp³-hybridized carbons (Fsp3) is 0.405. The van der Waals surface area contributed by atoms with Crippen molar-refractivity contribution in [2.75, 3.05) is 30.3 Å². The molecule has 2 aromatic carbocycles. The standard InChI is InChI=1S/C42H49ClN8O4/c1-25(24-52)45-21-28-20-30-14-17-44-39(38(30)46-22-28)47-33-8-4-6-31(26(33)2)32-7-5-9-34(37(32)43)49-41(53)40-48-35-23-51(19-16-36(35)50(40)3)18-15-27-10-12-29(13-11-27)42(54)55/h4-9,14,17,20,22,25,27,29,45,52H,10-13,15-16,18-19,21,23-24H2,1-3H3,(H,44,47)(H,49,53)(H,54,55)/t25-,27-,29-/m0/s1. The summed E-state index contributed by atoms with van der Waals surface area (Å²) in [7, 11) is 1.90. The molecule has 55 heavy (non-hydrogen) atoms. The average Bonchev–Trinajstić information content (AvgIpc) is 3.53. The van der Waals surface area contributed by atoms with Crippen molar-refractivity contribution in [3.05, 3.63) is 94.3 Å². The van der Waals surface area contributed by atoms with Gasteiger partial charge in [0.05, 0.1) is 28.9 Å². The number of nitrogens with zero attached hydrogens (tertiary/aromatic N) is 5. The first-order chi connectivity index (χ1) is 26.6. The van der Waals surface area contributed by atoms with E-state index in [0.717, 1.165) is 102 Å². The largest absolute Gasteiger partial charge is 0.481 e. The van der Waals surface area contributed by atoms with Crippen LogP contribution in [0.3, 0.4) is 0 Å². The number of amides is 1. The van der Waals surface area contributed by atoms with Crippen molar-refractivity contribution < 1.29 is 19.8 Å². The number of rotatable bonds is 13. The minimum atomic E-state index is -0.663. The van der Waals surface area contributed by atoms with Crippen molar-refractivity contribution in [3.63, 3.8) is 0 Å². The summed E-state index contributed by atoms with van der Waals surface area (Å²) in [5.74, 6) is 0.375. The molecule has 5 N–H and O–H groups in total. The molecule has 0 radical (unpaired) electrons. The maximum absolute atomic E-state index is 13.7. The SMILES string of the molecule is Cc1c(Nc2nccc3cc(CN[C@@H](C)CO)cnc23)cccc1-c1cccc(NC(=O)c2nc3c(n2C)CCN(CC[C@H]2CC[C@H](C(=O)O)CC2)C3)c1Cl. The van der Waals surface area contributed by atoms with E-state index in [1.165, 1.54) is 0 Å². The molecule has 3 aromatic heterocycles. The summed E-state index contributed by atoms with van der Waals surface area (Å²) in [5.41, 5.74) is 7.76. The highest BCUT2D eigenvalue weighted by atomic mass is 35.5. The minimum absolute atomic E-state index is 0.00796. The quantitative estimate of drug-likeness (QED) is 0.0838. The van der Waals surface area contributed by atoms with E-state index in [4.69, 9.17) is 21.6 Å². The number of hydrogen-bond donors (Lipinski definition) is 5. The van der Waals surface area contributed by atoms with Crippen molar-refractivity contribution in [3.8, 4) is 11.1 Å². The fourth-order valence-electron chi connectivity index (χ4n) is 7.89. The van der Waals surface area contributed by atoms with E-state index in [1.807, 2.05) is 68.1 Å². The van der Waals surface area contributed by atoms with Gasteiger partial charge in [-0.25, -0.2) is 9.97 Å². The molecule has 1 aliphatic carbocycles. The molecule has 12 nitrogen and oxygen atoms in total. The van der Waals surface area contributed by atoms with Gasteiger partial charge in [-0.2, -0.15) is 0 Å². The Morgan fingerprint density at radius 3 is 2.56 bits per heavy atom. The topological polar surface area (TPSA) is 158 Å². The lowest BCUT2D eigenvalue weighted by Gasteiger charge is -2.30. The van der Waals surface area contributed by atoms with E-state index in [1.54, 1.807) is 12.3 Å². The first-order valence-corrected chi connectivity index (χ1v) is 19.5. The van der Waals surface area contributed by atoms with Gasteiger partial charge in [-0.15, -0.1) is 0 Å². The molecule has 13 heteroatoms. The molecule has 0 spiro atoms. The molecular weight excluding hydrogens is 716 g/mol. The number of imidazole rings is 1. The molecule has 5 aromatic rings. The molecule has 0 saturated heterocycles. The zero-order chi connectivity index (χ0) is 38.6. The number of carbonyl (C=O) groups is 2. The van der Waals surface area contributed by atoms with Crippen molar-refractivity contribution >= 4 is 51.6 Å². The molecule has 1 saturated carbocycles. The number of aliphatic hydroxyl groups excluding tert-OH is 1. The number of aliphatic carboxylic acids is 1. The lowest BCUT2D eigenvalue weighted by molar-refractivity contribution is -0.143. The summed E-state index contributed by atoms with van der Waals surface area (Å²) in [4.78, 5) is 41.6. The zero-order valence-electron chi connectivity index (χ0n) is 31.6. The highest BCUT2D eigenvalue weighted by Crippen LogP contribution is 2.39. The number of anilines is 3. The van der Waals surface area contributed by atoms with Gasteiger partial charge in [-0.05, 0) is 99.4 Å². The van der Waals surface area contributed by atoms with Crippen molar-refractivity contribution in [2.45, 2.75) is 71.5 Å². The van der Waals surface area contributed by atoms with Crippen LogP contribution in [0, 0.1) is 18.8 Å². The second kappa shape index (κ2) is 16.9. The second-order valence-electron chi connectivity index (χ2n) is 15.0. The number of pyridine rings is 2. The van der Waals surface area contributed by atoms with Crippen LogP contribution in [0.1, 0.15) is 72.2 Å². The van der Waals surface area contributed by atoms with E-state index < -0.39 is 5.97 Å². The smallest absolute Gasteiger partial charge is 0.306 e. The molecule has 1 amide bonds. The Morgan fingerprint density at radius 1 is 1.04 bits per heavy atom. The first kappa shape index (κ1) is 38.4. The first-order valence-electron chi connectivity index (χ1n) is 19.1. The Morgan fingerprint density at radius 2 is 1.80 bits per heavy atom. The third-order valence-electron chi connectivity index (χ3n) is 11.3. The predicted octanol–water partition coefficient (Wildman–Crippen LogP) is 7.10. The summed E-state index contributed by atoms with van der Waals surface area (Å²) in [5, 5.41) is 29.9. The molecule has 0 unspecified atom stereocenters. The van der Waals surface area contributed by atoms with Gasteiger partial charge in [0.1, 0.15) is 5.52 Å². The monoisotopic (exact) mass is 764 g/mol. The third kappa shape index (κ3) is 8.52. The van der Waals surface area contributed by atoms with E-state index in [9.17, 15) is 19.8 Å². The van der Waals surface area contributed by atoms with Gasteiger partial charge in [0.15, 0.2) is 11.6 Å². The molecule has 1 aliphatic heterocycles. The van der Waals surface area contributed by atoms with Crippen LogP contribution in [0.15, 0.2) is 60.9 Å². The summed E-state index contributed by atoms with van der Waals surface area (Å²) in [6.45, 7) is 7.15. The summed E-state index contributed by atoms with van der Waals surface area (Å²) in [6, 6.07) is 15.6. The van der Waals surface area contributed by atoms with E-state index in [0.29, 0.717) is 41.4 Å². The summed E-state index contributed by atoms with van der Waals surface area (Å²) in [6.07, 6.45) is 8.94. The highest BCUT2D eigenvalue weighted by molar-refractivity contribution is 6.36. The van der Waals surface area contributed by atoms with E-state index >= 15 is 0 Å². The number of carboxylic acid groups (broad SMARTS) is 1. The Kier molecular flexibility index (Phi) is 11.8. The maximum atomic E-state index is 13.7. The summed E-state index contributed by atoms with van der Waals surface area (Å²) < 4.78 is 1.90. The van der Waals surface area contributed by atoms with Crippen LogP contribution >= 0.6 is 11.6 Å². The Bertz CT molecular complexity index is 2200. The minimum Gasteiger partial charge on any atom is -0.481 e. The van der Waals surface area contributed by atoms with E-state index in [-0.39, 0.29) is 24.5 Å². The third-order valence-corrected chi connectivity index (χ3v) is 11.7. The molecule has 0 bridgehead atoms. The van der Waals surface area contributed by atoms with Crippen LogP contribution < -0.4 is 16.0 Å². The van der Waals surface area contributed by atoms with Crippen LogP contribution in [-0.2, 0) is 31.4 Å². The number of aliphatic hydroxyl groups is 1. The number of hydrogen-bond acceptors (Lipinski definition) is 9. The number of halogens is 1. The predicted molar refractivity (Wildman–Crippen MR) is 216 cm³/mol. The van der Waals surface area contributed by atoms with Crippen LogP contribution in [0.2, 0.25) is 5.02 Å². The molecule has 1 atom stereocenters. The molecule has 7 rings (SSSR count). The molecule has 2 aliphatic rings. The van der Waals surface area contributed by atoms with Gasteiger partial charge < -0.3 is 30.7 Å². The molecule has 4 heterocycles. The van der Waals surface area contributed by atoms with Crippen molar-refractivity contribution in [1.82, 2.24) is 29.7 Å². The second-order valence-corrected chi connectivity index (χ2v) is 15.4. The zero-order valence-corrected chi connectivity index (χ0v) is 32.4. The van der Waals surface area contributed by atoms with Gasteiger partial charge >= 0.3 is 5.97 Å². The normalized spacial score (nSPS) is 17.8. The van der Waals surface area contributed by atoms with Gasteiger partial charge in [-0.1, -0.05) is 35.9 Å². The van der Waals surface area contributed by atoms with Gasteiger partial charge in [0, 0.05) is 73.9 Å². The van der Waals surface area contributed by atoms with Gasteiger partial charge in [-0.3, -0.25) is 19.5 Å². The Balaban J connectivity index is 1.03. The van der Waals surface area contributed by atoms with Gasteiger partial charge in [0.25, 0.3) is 5.91 Å². The lowest BCUT2D eigenvalue weighted by Crippen LogP contribution is -2.33. The molecule has 1 fully saturated rings. The number of carbonyl (C=O) groups excluding carboxylic acids is 1. The van der Waals surface area contributed by atoms with E-state index in [2.05, 4.69) is 31.9 Å². The maximum Gasteiger partial charge on any atom is 0.306 e. The molecule has 288 valence electrons. The number of fused-ring (bicyclic) bond motifs is 2. The van der Waals surface area contributed by atoms with Crippen LogP contribution in [0.25, 0.3) is 22.0 Å². The number of benzene rings is 2. The summed E-state index contributed by atoms with van der Waals surface area (Å²) >= 11 is 7.05. The Hall–Kier alpha value is -4.88. The molecular formula is C42H49ClN8O4. The highest BCUT2D eigenvalue weighted by Gasteiger charge is 2.29.